The monoisotopic (exact) mass is 504 g/mol. The van der Waals surface area contributed by atoms with Crippen LogP contribution in [-0.4, -0.2) is 48.2 Å². The second-order valence-electron chi connectivity index (χ2n) is 11.2. The summed E-state index contributed by atoms with van der Waals surface area (Å²) < 4.78 is 15.1. The van der Waals surface area contributed by atoms with E-state index in [9.17, 15) is 19.2 Å². The molecule has 2 amide bonds. The average molecular weight is 505 g/mol. The highest BCUT2D eigenvalue weighted by atomic mass is 16.6. The highest BCUT2D eigenvalue weighted by Crippen LogP contribution is 2.29. The molecule has 9 heteroatoms. The standard InChI is InChI=1S/C27H40N2O7/c1-17(23(32)34-10)15-21(30)35-19-13-11-18(12-14-19)16-20(28-24(33)36-26(5,6)7)22(31)29-27(8,9)25(2,3)4/h11-14,20H,1,15-16H2,2-10H3,(H,28,33)(H,29,31). The summed E-state index contributed by atoms with van der Waals surface area (Å²) in [6.45, 7) is 18.6. The van der Waals surface area contributed by atoms with Gasteiger partial charge in [0.15, 0.2) is 0 Å². The lowest BCUT2D eigenvalue weighted by Crippen LogP contribution is -2.58. The van der Waals surface area contributed by atoms with Crippen LogP contribution in [0.5, 0.6) is 5.75 Å². The maximum Gasteiger partial charge on any atom is 0.408 e. The summed E-state index contributed by atoms with van der Waals surface area (Å²) in [6, 6.07) is 5.59. The molecule has 0 saturated carbocycles. The van der Waals surface area contributed by atoms with Gasteiger partial charge in [0, 0.05) is 17.5 Å². The third-order valence-electron chi connectivity index (χ3n) is 5.74. The molecule has 1 unspecified atom stereocenters. The van der Waals surface area contributed by atoms with Gasteiger partial charge < -0.3 is 24.8 Å². The van der Waals surface area contributed by atoms with Crippen LogP contribution < -0.4 is 15.4 Å². The number of carbonyl (C=O) groups excluding carboxylic acids is 4. The van der Waals surface area contributed by atoms with E-state index in [-0.39, 0.29) is 35.5 Å². The molecular weight excluding hydrogens is 464 g/mol. The molecule has 200 valence electrons. The van der Waals surface area contributed by atoms with Gasteiger partial charge in [0.05, 0.1) is 13.5 Å². The van der Waals surface area contributed by atoms with Crippen LogP contribution in [0, 0.1) is 5.41 Å². The molecule has 0 spiro atoms. The molecule has 0 radical (unpaired) electrons. The molecule has 0 aliphatic heterocycles. The highest BCUT2D eigenvalue weighted by molar-refractivity contribution is 5.93. The summed E-state index contributed by atoms with van der Waals surface area (Å²) in [5.41, 5.74) is -0.799. The molecule has 0 saturated heterocycles. The van der Waals surface area contributed by atoms with Gasteiger partial charge >= 0.3 is 18.0 Å². The Morgan fingerprint density at radius 3 is 1.97 bits per heavy atom. The molecule has 1 atom stereocenters. The van der Waals surface area contributed by atoms with Crippen LogP contribution in [0.1, 0.15) is 67.4 Å². The molecule has 1 aromatic carbocycles. The van der Waals surface area contributed by atoms with Gasteiger partial charge in [-0.2, -0.15) is 0 Å². The summed E-state index contributed by atoms with van der Waals surface area (Å²) in [6.07, 6.45) is -0.828. The summed E-state index contributed by atoms with van der Waals surface area (Å²) in [7, 11) is 1.20. The second kappa shape index (κ2) is 12.1. The van der Waals surface area contributed by atoms with Crippen molar-refractivity contribution in [3.63, 3.8) is 0 Å². The first-order valence-electron chi connectivity index (χ1n) is 11.7. The quantitative estimate of drug-likeness (QED) is 0.295. The minimum Gasteiger partial charge on any atom is -0.466 e. The Morgan fingerprint density at radius 1 is 0.944 bits per heavy atom. The van der Waals surface area contributed by atoms with E-state index in [1.807, 2.05) is 34.6 Å². The second-order valence-corrected chi connectivity index (χ2v) is 11.2. The lowest BCUT2D eigenvalue weighted by Gasteiger charge is -2.40. The van der Waals surface area contributed by atoms with Crippen LogP contribution in [0.4, 0.5) is 4.79 Å². The number of hydrogen-bond acceptors (Lipinski definition) is 7. The van der Waals surface area contributed by atoms with E-state index in [1.54, 1.807) is 45.0 Å². The minimum atomic E-state index is -0.904. The van der Waals surface area contributed by atoms with E-state index >= 15 is 0 Å². The molecule has 0 fully saturated rings. The lowest BCUT2D eigenvalue weighted by molar-refractivity contribution is -0.139. The fourth-order valence-corrected chi connectivity index (χ4v) is 2.73. The zero-order valence-electron chi connectivity index (χ0n) is 22.9. The maximum atomic E-state index is 13.2. The first kappa shape index (κ1) is 30.7. The number of amides is 2. The van der Waals surface area contributed by atoms with Crippen molar-refractivity contribution in [2.45, 2.75) is 85.4 Å². The first-order chi connectivity index (χ1) is 16.3. The van der Waals surface area contributed by atoms with Gasteiger partial charge in [0.1, 0.15) is 17.4 Å². The largest absolute Gasteiger partial charge is 0.466 e. The molecule has 2 N–H and O–H groups in total. The van der Waals surface area contributed by atoms with Gasteiger partial charge in [0.2, 0.25) is 5.91 Å². The zero-order valence-corrected chi connectivity index (χ0v) is 22.9. The van der Waals surface area contributed by atoms with Gasteiger partial charge in [-0.3, -0.25) is 9.59 Å². The molecule has 9 nitrogen and oxygen atoms in total. The SMILES string of the molecule is C=C(CC(=O)Oc1ccc(CC(NC(=O)OC(C)(C)C)C(=O)NC(C)(C)C(C)(C)C)cc1)C(=O)OC. The maximum absolute atomic E-state index is 13.2. The van der Waals surface area contributed by atoms with E-state index in [4.69, 9.17) is 9.47 Å². The third kappa shape index (κ3) is 10.1. The lowest BCUT2D eigenvalue weighted by atomic mass is 9.76. The van der Waals surface area contributed by atoms with Crippen LogP contribution in [0.3, 0.4) is 0 Å². The third-order valence-corrected chi connectivity index (χ3v) is 5.74. The van der Waals surface area contributed by atoms with Crippen LogP contribution in [0.25, 0.3) is 0 Å². The number of ether oxygens (including phenoxy) is 3. The van der Waals surface area contributed by atoms with Gasteiger partial charge in [-0.15, -0.1) is 0 Å². The molecule has 1 rings (SSSR count). The van der Waals surface area contributed by atoms with Gasteiger partial charge in [-0.1, -0.05) is 39.5 Å². The molecule has 36 heavy (non-hydrogen) atoms. The van der Waals surface area contributed by atoms with Crippen molar-refractivity contribution in [1.29, 1.82) is 0 Å². The Labute approximate surface area is 213 Å². The van der Waals surface area contributed by atoms with E-state index in [0.29, 0.717) is 0 Å². The summed E-state index contributed by atoms with van der Waals surface area (Å²) in [5, 5.41) is 5.70. The first-order valence-corrected chi connectivity index (χ1v) is 11.7. The molecule has 1 aromatic rings. The van der Waals surface area contributed by atoms with Crippen molar-refractivity contribution in [3.05, 3.63) is 42.0 Å². The smallest absolute Gasteiger partial charge is 0.408 e. The predicted molar refractivity (Wildman–Crippen MR) is 136 cm³/mol. The number of alkyl carbamates (subject to hydrolysis) is 1. The Balaban J connectivity index is 2.99. The van der Waals surface area contributed by atoms with E-state index < -0.39 is 35.2 Å². The Hall–Kier alpha value is -3.36. The Morgan fingerprint density at radius 2 is 1.50 bits per heavy atom. The topological polar surface area (TPSA) is 120 Å². The van der Waals surface area contributed by atoms with E-state index in [2.05, 4.69) is 21.9 Å². The minimum absolute atomic E-state index is 0.0145. The highest BCUT2D eigenvalue weighted by Gasteiger charge is 2.36. The number of hydrogen-bond donors (Lipinski definition) is 2. The van der Waals surface area contributed by atoms with Crippen LogP contribution >= 0.6 is 0 Å². The van der Waals surface area contributed by atoms with Crippen molar-refractivity contribution in [3.8, 4) is 5.75 Å². The van der Waals surface area contributed by atoms with Crippen molar-refractivity contribution < 1.29 is 33.4 Å². The molecule has 0 aromatic heterocycles. The van der Waals surface area contributed by atoms with Gasteiger partial charge in [0.25, 0.3) is 0 Å². The summed E-state index contributed by atoms with van der Waals surface area (Å²) in [5.74, 6) is -1.43. The van der Waals surface area contributed by atoms with Crippen LogP contribution in [0.15, 0.2) is 36.4 Å². The number of esters is 2. The van der Waals surface area contributed by atoms with E-state index in [1.165, 1.54) is 7.11 Å². The Kier molecular flexibility index (Phi) is 10.3. The number of rotatable bonds is 9. The van der Waals surface area contributed by atoms with Gasteiger partial charge in [-0.25, -0.2) is 9.59 Å². The average Bonchev–Trinajstić information content (AvgIpc) is 2.71. The fraction of sp³-hybridized carbons (Fsp3) is 0.556. The summed E-state index contributed by atoms with van der Waals surface area (Å²) >= 11 is 0. The Bertz CT molecular complexity index is 967. The molecular formula is C27H40N2O7. The normalized spacial score (nSPS) is 12.7. The fourth-order valence-electron chi connectivity index (χ4n) is 2.73. The van der Waals surface area contributed by atoms with Crippen molar-refractivity contribution in [1.82, 2.24) is 10.6 Å². The number of nitrogens with one attached hydrogen (secondary N) is 2. The van der Waals surface area contributed by atoms with Crippen molar-refractivity contribution in [2.24, 2.45) is 5.41 Å². The number of methoxy groups -OCH3 is 1. The number of benzene rings is 1. The zero-order chi connectivity index (χ0) is 27.9. The van der Waals surface area contributed by atoms with Crippen molar-refractivity contribution in [2.75, 3.05) is 7.11 Å². The molecule has 0 heterocycles. The number of carbonyl (C=O) groups is 4. The van der Waals surface area contributed by atoms with E-state index in [0.717, 1.165) is 5.56 Å². The predicted octanol–water partition coefficient (Wildman–Crippen LogP) is 4.09. The molecule has 0 aliphatic rings. The van der Waals surface area contributed by atoms with Gasteiger partial charge in [-0.05, 0) is 57.7 Å². The summed E-state index contributed by atoms with van der Waals surface area (Å²) in [4.78, 5) is 49.1. The van der Waals surface area contributed by atoms with Crippen molar-refractivity contribution >= 4 is 23.9 Å². The molecule has 0 bridgehead atoms. The van der Waals surface area contributed by atoms with Crippen LogP contribution in [0.2, 0.25) is 0 Å². The van der Waals surface area contributed by atoms with Crippen LogP contribution in [-0.2, 0) is 30.3 Å². The molecule has 0 aliphatic carbocycles.